The molecule has 0 heterocycles. The number of amides is 4. The van der Waals surface area contributed by atoms with Gasteiger partial charge in [-0.05, 0) is 46.4 Å². The lowest BCUT2D eigenvalue weighted by molar-refractivity contribution is -0.150. The van der Waals surface area contributed by atoms with Crippen LogP contribution in [-0.2, 0) is 41.7 Å². The number of rotatable bonds is 21. The second-order valence-electron chi connectivity index (χ2n) is 15.8. The molecule has 11 nitrogen and oxygen atoms in total. The van der Waals surface area contributed by atoms with Crippen molar-refractivity contribution in [2.45, 2.75) is 104 Å². The predicted molar refractivity (Wildman–Crippen MR) is 229 cm³/mol. The Hall–Kier alpha value is -5.81. The minimum absolute atomic E-state index is 0.0506. The van der Waals surface area contributed by atoms with Gasteiger partial charge in [0.15, 0.2) is 0 Å². The van der Waals surface area contributed by atoms with Gasteiger partial charge >= 0.3 is 5.97 Å². The lowest BCUT2D eigenvalue weighted by Crippen LogP contribution is -2.57. The van der Waals surface area contributed by atoms with Crippen molar-refractivity contribution in [1.29, 1.82) is 0 Å². The highest BCUT2D eigenvalue weighted by Gasteiger charge is 2.35. The molecule has 0 aliphatic rings. The number of aliphatic hydroxyl groups is 1. The van der Waals surface area contributed by atoms with Crippen LogP contribution in [-0.4, -0.2) is 65.0 Å². The van der Waals surface area contributed by atoms with Gasteiger partial charge in [-0.25, -0.2) is 4.79 Å². The normalized spacial score (nSPS) is 14.3. The molecule has 0 fully saturated rings. The van der Waals surface area contributed by atoms with Crippen LogP contribution in [0, 0.1) is 17.8 Å². The molecule has 0 saturated heterocycles. The summed E-state index contributed by atoms with van der Waals surface area (Å²) >= 11 is 0. The van der Waals surface area contributed by atoms with E-state index in [1.54, 1.807) is 13.8 Å². The van der Waals surface area contributed by atoms with Crippen molar-refractivity contribution in [3.63, 3.8) is 0 Å². The minimum atomic E-state index is -1.37. The average Bonchev–Trinajstić information content (AvgIpc) is 3.23. The third-order valence-electron chi connectivity index (χ3n) is 10.5. The summed E-state index contributed by atoms with van der Waals surface area (Å²) in [4.78, 5) is 68.7. The van der Waals surface area contributed by atoms with Gasteiger partial charge in [0.05, 0.1) is 24.5 Å². The van der Waals surface area contributed by atoms with Crippen molar-refractivity contribution in [1.82, 2.24) is 21.3 Å². The van der Waals surface area contributed by atoms with Crippen molar-refractivity contribution in [2.75, 3.05) is 0 Å². The fraction of sp³-hybridized carbons (Fsp3) is 0.396. The predicted octanol–water partition coefficient (Wildman–Crippen LogP) is 5.85. The van der Waals surface area contributed by atoms with Crippen LogP contribution in [0.3, 0.4) is 0 Å². The van der Waals surface area contributed by atoms with E-state index in [4.69, 9.17) is 4.74 Å². The molecule has 5 N–H and O–H groups in total. The van der Waals surface area contributed by atoms with Crippen molar-refractivity contribution in [2.24, 2.45) is 17.8 Å². The Morgan fingerprint density at radius 3 is 1.51 bits per heavy atom. The summed E-state index contributed by atoms with van der Waals surface area (Å²) < 4.78 is 5.53. The van der Waals surface area contributed by atoms with E-state index in [9.17, 15) is 29.1 Å². The van der Waals surface area contributed by atoms with E-state index in [1.807, 2.05) is 149 Å². The number of nitrogens with one attached hydrogen (secondary N) is 4. The lowest BCUT2D eigenvalue weighted by atomic mass is 9.89. The molecule has 4 rings (SSSR count). The summed E-state index contributed by atoms with van der Waals surface area (Å²) in [6, 6.07) is 33.3. The zero-order chi connectivity index (χ0) is 42.9. The molecule has 59 heavy (non-hydrogen) atoms. The highest BCUT2D eigenvalue weighted by atomic mass is 16.5. The van der Waals surface area contributed by atoms with Gasteiger partial charge in [0, 0.05) is 0 Å². The van der Waals surface area contributed by atoms with Crippen LogP contribution in [0.5, 0.6) is 0 Å². The van der Waals surface area contributed by atoms with E-state index >= 15 is 0 Å². The van der Waals surface area contributed by atoms with Gasteiger partial charge in [-0.15, -0.1) is 0 Å². The fourth-order valence-electron chi connectivity index (χ4n) is 6.81. The summed E-state index contributed by atoms with van der Waals surface area (Å²) in [6.07, 6.45) is -1.09. The largest absolute Gasteiger partial charge is 0.459 e. The molecular formula is C48H60N4O7. The maximum atomic E-state index is 14.1. The molecule has 0 saturated carbocycles. The van der Waals surface area contributed by atoms with Crippen LogP contribution < -0.4 is 21.3 Å². The van der Waals surface area contributed by atoms with Crippen LogP contribution in [0.25, 0.3) is 0 Å². The maximum Gasteiger partial charge on any atom is 0.329 e. The topological polar surface area (TPSA) is 163 Å². The molecule has 314 valence electrons. The Morgan fingerprint density at radius 2 is 1.02 bits per heavy atom. The molecule has 6 atom stereocenters. The standard InChI is InChI=1S/C48H60N4O7/c1-7-33(6)44(47(57)52-43(32(4)5)48(58)59-30-35-22-14-9-15-23-35)50-40(54)29-39(53)38(28-34-20-12-8-13-21-34)49-46(56)42(31(2)3)51-45(55)41(36-24-16-10-17-25-36)37-26-18-11-19-27-37/h8-27,31-33,38-39,41-44,53H,7,28-30H2,1-6H3,(H,49,56)(H,50,54)(H,51,55)(H,52,57)/t33-,38-,39-,42?,43?,44-/m0/s1. The zero-order valence-corrected chi connectivity index (χ0v) is 35.0. The van der Waals surface area contributed by atoms with Crippen LogP contribution in [0.15, 0.2) is 121 Å². The SMILES string of the molecule is CC[C@H](C)[C@H](NC(=O)C[C@H](O)[C@H](Cc1ccccc1)NC(=O)C(NC(=O)C(c1ccccc1)c1ccccc1)C(C)C)C(=O)NC(C(=O)OCc1ccccc1)C(C)C. The molecule has 0 bridgehead atoms. The van der Waals surface area contributed by atoms with E-state index in [-0.39, 0.29) is 36.7 Å². The fourth-order valence-corrected chi connectivity index (χ4v) is 6.81. The van der Waals surface area contributed by atoms with Crippen LogP contribution in [0.4, 0.5) is 0 Å². The first kappa shape index (κ1) is 45.9. The number of ether oxygens (including phenoxy) is 1. The summed E-state index contributed by atoms with van der Waals surface area (Å²) in [5.41, 5.74) is 3.17. The number of benzene rings is 4. The Balaban J connectivity index is 1.48. The van der Waals surface area contributed by atoms with Crippen molar-refractivity contribution in [3.05, 3.63) is 144 Å². The quantitative estimate of drug-likeness (QED) is 0.0660. The third kappa shape index (κ3) is 13.9. The molecule has 0 aromatic heterocycles. The van der Waals surface area contributed by atoms with Gasteiger partial charge in [-0.2, -0.15) is 0 Å². The van der Waals surface area contributed by atoms with Crippen molar-refractivity contribution < 1.29 is 33.8 Å². The third-order valence-corrected chi connectivity index (χ3v) is 10.5. The monoisotopic (exact) mass is 804 g/mol. The number of hydrogen-bond donors (Lipinski definition) is 5. The maximum absolute atomic E-state index is 14.1. The highest BCUT2D eigenvalue weighted by Crippen LogP contribution is 2.25. The van der Waals surface area contributed by atoms with Gasteiger partial charge in [-0.1, -0.05) is 169 Å². The molecule has 0 aliphatic carbocycles. The van der Waals surface area contributed by atoms with Crippen molar-refractivity contribution >= 4 is 29.6 Å². The van der Waals surface area contributed by atoms with Crippen LogP contribution >= 0.6 is 0 Å². The number of esters is 1. The molecule has 0 aliphatic heterocycles. The van der Waals surface area contributed by atoms with Gasteiger partial charge in [0.25, 0.3) is 0 Å². The molecular weight excluding hydrogens is 745 g/mol. The summed E-state index contributed by atoms with van der Waals surface area (Å²) in [5.74, 6) is -4.24. The van der Waals surface area contributed by atoms with Gasteiger partial charge < -0.3 is 31.1 Å². The Morgan fingerprint density at radius 1 is 0.559 bits per heavy atom. The minimum Gasteiger partial charge on any atom is -0.459 e. The first-order valence-electron chi connectivity index (χ1n) is 20.5. The summed E-state index contributed by atoms with van der Waals surface area (Å²) in [7, 11) is 0. The molecule has 0 spiro atoms. The number of aliphatic hydroxyl groups excluding tert-OH is 1. The number of hydrogen-bond acceptors (Lipinski definition) is 7. The Bertz CT molecular complexity index is 1890. The summed E-state index contributed by atoms with van der Waals surface area (Å²) in [6.45, 7) is 11.0. The average molecular weight is 805 g/mol. The van der Waals surface area contributed by atoms with Gasteiger partial charge in [-0.3, -0.25) is 19.2 Å². The highest BCUT2D eigenvalue weighted by molar-refractivity contribution is 5.93. The number of carbonyl (C=O) groups excluding carboxylic acids is 5. The van der Waals surface area contributed by atoms with Crippen LogP contribution in [0.2, 0.25) is 0 Å². The van der Waals surface area contributed by atoms with E-state index in [0.29, 0.717) is 6.42 Å². The smallest absolute Gasteiger partial charge is 0.329 e. The summed E-state index contributed by atoms with van der Waals surface area (Å²) in [5, 5.41) is 23.2. The van der Waals surface area contributed by atoms with Gasteiger partial charge in [0.1, 0.15) is 24.7 Å². The van der Waals surface area contributed by atoms with E-state index < -0.39 is 66.3 Å². The zero-order valence-electron chi connectivity index (χ0n) is 35.0. The second-order valence-corrected chi connectivity index (χ2v) is 15.8. The molecule has 4 aromatic carbocycles. The Kier molecular flexibility index (Phi) is 17.9. The van der Waals surface area contributed by atoms with Gasteiger partial charge in [0.2, 0.25) is 23.6 Å². The number of carbonyl (C=O) groups is 5. The first-order chi connectivity index (χ1) is 28.3. The molecule has 2 unspecified atom stereocenters. The van der Waals surface area contributed by atoms with Crippen molar-refractivity contribution in [3.8, 4) is 0 Å². The van der Waals surface area contributed by atoms with Crippen LogP contribution in [0.1, 0.15) is 82.6 Å². The molecule has 4 amide bonds. The molecule has 0 radical (unpaired) electrons. The molecule has 11 heteroatoms. The van der Waals surface area contributed by atoms with E-state index in [1.165, 1.54) is 0 Å². The molecule has 4 aromatic rings. The van der Waals surface area contributed by atoms with E-state index in [0.717, 1.165) is 22.3 Å². The lowest BCUT2D eigenvalue weighted by Gasteiger charge is -2.30. The first-order valence-corrected chi connectivity index (χ1v) is 20.5. The Labute approximate surface area is 348 Å². The second kappa shape index (κ2) is 23.0. The van der Waals surface area contributed by atoms with E-state index in [2.05, 4.69) is 21.3 Å².